The van der Waals surface area contributed by atoms with E-state index >= 15 is 0 Å². The van der Waals surface area contributed by atoms with Crippen LogP contribution in [0.25, 0.3) is 0 Å². The van der Waals surface area contributed by atoms with Gasteiger partial charge in [-0.2, -0.15) is 0 Å². The molecule has 8 heteroatoms. The fourth-order valence-corrected chi connectivity index (χ4v) is 3.51. The molecule has 1 atom stereocenters. The molecule has 4 rings (SSSR count). The predicted molar refractivity (Wildman–Crippen MR) is 95.4 cm³/mol. The molecule has 1 aromatic rings. The molecule has 3 amide bonds. The molecule has 3 aliphatic heterocycles. The van der Waals surface area contributed by atoms with Gasteiger partial charge in [-0.25, -0.2) is 14.3 Å². The number of hydrogen-bond acceptors (Lipinski definition) is 5. The first-order chi connectivity index (χ1) is 11.9. The topological polar surface area (TPSA) is 62.5 Å². The summed E-state index contributed by atoms with van der Waals surface area (Å²) in [5.74, 6) is 1.03. The van der Waals surface area contributed by atoms with Gasteiger partial charge >= 0.3 is 12.0 Å². The number of benzene rings is 1. The molecule has 0 spiro atoms. The van der Waals surface area contributed by atoms with Crippen LogP contribution in [0.15, 0.2) is 29.3 Å². The number of guanidine groups is 1. The Labute approximate surface area is 146 Å². The minimum absolute atomic E-state index is 0.221. The van der Waals surface area contributed by atoms with Crippen molar-refractivity contribution in [2.24, 2.45) is 4.99 Å². The zero-order valence-corrected chi connectivity index (χ0v) is 14.8. The number of hydrogen-bond donors (Lipinski definition) is 0. The Morgan fingerprint density at radius 3 is 2.44 bits per heavy atom. The fourth-order valence-electron chi connectivity index (χ4n) is 3.51. The van der Waals surface area contributed by atoms with Crippen molar-refractivity contribution in [1.29, 1.82) is 0 Å². The number of urea groups is 1. The third-order valence-electron chi connectivity index (χ3n) is 4.99. The maximum Gasteiger partial charge on any atom is 0.397 e. The average Bonchev–Trinajstić information content (AvgIpc) is 3.17. The van der Waals surface area contributed by atoms with Gasteiger partial charge in [0.15, 0.2) is 0 Å². The van der Waals surface area contributed by atoms with Gasteiger partial charge in [-0.15, -0.1) is 0 Å². The summed E-state index contributed by atoms with van der Waals surface area (Å²) in [4.78, 5) is 36.2. The zero-order chi connectivity index (χ0) is 17.9. The molecule has 1 aromatic carbocycles. The molecule has 0 aromatic heterocycles. The molecule has 0 saturated carbocycles. The highest BCUT2D eigenvalue weighted by atomic mass is 16.2. The van der Waals surface area contributed by atoms with Crippen molar-refractivity contribution in [3.05, 3.63) is 24.3 Å². The molecule has 3 aliphatic rings. The molecule has 3 heterocycles. The summed E-state index contributed by atoms with van der Waals surface area (Å²) in [6.45, 7) is 1.46. The Bertz CT molecular complexity index is 826. The first-order valence-corrected chi connectivity index (χ1v) is 8.22. The monoisotopic (exact) mass is 341 g/mol. The lowest BCUT2D eigenvalue weighted by atomic mass is 10.1. The van der Waals surface area contributed by atoms with Crippen LogP contribution >= 0.6 is 0 Å². The van der Waals surface area contributed by atoms with E-state index in [9.17, 15) is 9.59 Å². The number of fused-ring (bicyclic) bond motifs is 2. The highest BCUT2D eigenvalue weighted by molar-refractivity contribution is 6.24. The number of carbonyl (C=O) groups excluding carboxylic acids is 2. The van der Waals surface area contributed by atoms with E-state index in [1.807, 2.05) is 23.6 Å². The maximum absolute atomic E-state index is 12.6. The second-order valence-electron chi connectivity index (χ2n) is 6.67. The van der Waals surface area contributed by atoms with Gasteiger partial charge in [-0.1, -0.05) is 4.99 Å². The van der Waals surface area contributed by atoms with E-state index in [2.05, 4.69) is 34.2 Å². The van der Waals surface area contributed by atoms with Crippen molar-refractivity contribution < 1.29 is 14.2 Å². The molecule has 1 saturated heterocycles. The van der Waals surface area contributed by atoms with E-state index in [0.717, 1.165) is 23.9 Å². The van der Waals surface area contributed by atoms with Gasteiger partial charge < -0.3 is 4.90 Å². The van der Waals surface area contributed by atoms with Crippen molar-refractivity contribution in [1.82, 2.24) is 9.80 Å². The molecule has 0 radical (unpaired) electrons. The predicted octanol–water partition coefficient (Wildman–Crippen LogP) is 0.246. The third kappa shape index (κ3) is 2.13. The molecule has 8 nitrogen and oxygen atoms in total. The highest BCUT2D eigenvalue weighted by Crippen LogP contribution is 2.27. The standard InChI is InChI=1S/C17H21N6O2/c1-19(2)11-5-7-12(8-6-11)22-9-10-23-13-14(18-16(22)23)20(3)17(25)21(4)15(13)24/h5-8,13H,9-10H2,1-4H3/q+1. The van der Waals surface area contributed by atoms with Crippen LogP contribution in [0.3, 0.4) is 0 Å². The Morgan fingerprint density at radius 1 is 1.12 bits per heavy atom. The normalized spacial score (nSPS) is 22.5. The van der Waals surface area contributed by atoms with E-state index in [1.54, 1.807) is 7.05 Å². The van der Waals surface area contributed by atoms with Gasteiger partial charge in [-0.05, 0) is 24.3 Å². The summed E-state index contributed by atoms with van der Waals surface area (Å²) >= 11 is 0. The lowest BCUT2D eigenvalue weighted by Gasteiger charge is -2.31. The van der Waals surface area contributed by atoms with Crippen LogP contribution in [0.5, 0.6) is 0 Å². The first kappa shape index (κ1) is 15.6. The highest BCUT2D eigenvalue weighted by Gasteiger charge is 2.54. The van der Waals surface area contributed by atoms with Crippen molar-refractivity contribution >= 4 is 35.1 Å². The Hall–Kier alpha value is -2.90. The third-order valence-corrected chi connectivity index (χ3v) is 4.99. The van der Waals surface area contributed by atoms with Gasteiger partial charge in [0, 0.05) is 33.9 Å². The summed E-state index contributed by atoms with van der Waals surface area (Å²) in [6.07, 6.45) is 0. The quantitative estimate of drug-likeness (QED) is 0.724. The van der Waals surface area contributed by atoms with E-state index in [-0.39, 0.29) is 11.9 Å². The molecular weight excluding hydrogens is 320 g/mol. The average molecular weight is 341 g/mol. The lowest BCUT2D eigenvalue weighted by molar-refractivity contribution is -0.525. The summed E-state index contributed by atoms with van der Waals surface area (Å²) < 4.78 is 1.98. The number of likely N-dealkylation sites (N-methyl/N-ethyl adjacent to an activating group) is 2. The van der Waals surface area contributed by atoms with Gasteiger partial charge in [-0.3, -0.25) is 14.6 Å². The van der Waals surface area contributed by atoms with Crippen molar-refractivity contribution in [3.63, 3.8) is 0 Å². The van der Waals surface area contributed by atoms with E-state index in [0.29, 0.717) is 12.4 Å². The van der Waals surface area contributed by atoms with Gasteiger partial charge in [0.25, 0.3) is 5.91 Å². The largest absolute Gasteiger partial charge is 0.397 e. The van der Waals surface area contributed by atoms with Crippen LogP contribution in [-0.2, 0) is 4.79 Å². The van der Waals surface area contributed by atoms with Crippen LogP contribution in [0.1, 0.15) is 0 Å². The Balaban J connectivity index is 1.70. The van der Waals surface area contributed by atoms with Gasteiger partial charge in [0.05, 0.1) is 6.54 Å². The Kier molecular flexibility index (Phi) is 3.31. The number of nitrogens with zero attached hydrogens (tertiary/aromatic N) is 6. The molecule has 1 fully saturated rings. The number of anilines is 2. The second-order valence-corrected chi connectivity index (χ2v) is 6.67. The Morgan fingerprint density at radius 2 is 1.80 bits per heavy atom. The van der Waals surface area contributed by atoms with Crippen LogP contribution in [0.4, 0.5) is 16.2 Å². The molecule has 1 unspecified atom stereocenters. The van der Waals surface area contributed by atoms with E-state index < -0.39 is 6.04 Å². The molecule has 0 aliphatic carbocycles. The summed E-state index contributed by atoms with van der Waals surface area (Å²) in [5, 5.41) is 0. The lowest BCUT2D eigenvalue weighted by Crippen LogP contribution is -2.61. The summed E-state index contributed by atoms with van der Waals surface area (Å²) in [7, 11) is 7.19. The van der Waals surface area contributed by atoms with Crippen molar-refractivity contribution in [2.45, 2.75) is 6.04 Å². The van der Waals surface area contributed by atoms with E-state index in [4.69, 9.17) is 0 Å². The summed E-state index contributed by atoms with van der Waals surface area (Å²) in [5.41, 5.74) is 2.15. The molecule has 25 heavy (non-hydrogen) atoms. The van der Waals surface area contributed by atoms with Gasteiger partial charge in [0.1, 0.15) is 12.2 Å². The maximum atomic E-state index is 12.6. The second kappa shape index (κ2) is 5.30. The fraction of sp³-hybridized carbons (Fsp3) is 0.412. The molecule has 130 valence electrons. The van der Waals surface area contributed by atoms with Crippen LogP contribution in [-0.4, -0.2) is 85.4 Å². The zero-order valence-electron chi connectivity index (χ0n) is 14.8. The number of carbonyl (C=O) groups is 2. The van der Waals surface area contributed by atoms with Crippen LogP contribution < -0.4 is 9.80 Å². The number of aliphatic imine (C=N–C) groups is 1. The number of amidine groups is 1. The number of amides is 3. The minimum Gasteiger partial charge on any atom is -0.378 e. The number of imide groups is 1. The smallest absolute Gasteiger partial charge is 0.378 e. The molecule has 0 N–H and O–H groups in total. The number of rotatable bonds is 2. The van der Waals surface area contributed by atoms with Crippen molar-refractivity contribution in [2.75, 3.05) is 51.1 Å². The molecular formula is C17H21N6O2+. The van der Waals surface area contributed by atoms with Crippen LogP contribution in [0, 0.1) is 0 Å². The first-order valence-electron chi connectivity index (χ1n) is 8.22. The SMILES string of the molecule is CN1C(=O)C2C(=NC3=[N+]2CCN3c2ccc(N(C)C)cc2)N(C)C1=O. The van der Waals surface area contributed by atoms with Crippen molar-refractivity contribution in [3.8, 4) is 0 Å². The van der Waals surface area contributed by atoms with Gasteiger partial charge in [0.2, 0.25) is 11.9 Å². The minimum atomic E-state index is -0.506. The van der Waals surface area contributed by atoms with E-state index in [1.165, 1.54) is 16.8 Å². The van der Waals surface area contributed by atoms with Crippen LogP contribution in [0.2, 0.25) is 0 Å². The summed E-state index contributed by atoms with van der Waals surface area (Å²) in [6, 6.07) is 7.37. The molecule has 0 bridgehead atoms.